The van der Waals surface area contributed by atoms with Crippen LogP contribution in [0.2, 0.25) is 0 Å². The smallest absolute Gasteiger partial charge is 0.274 e. The molecule has 1 saturated heterocycles. The normalized spacial score (nSPS) is 16.6. The molecular formula is C23H23N5O2. The fraction of sp³-hybridized carbons (Fsp3) is 0.304. The third-order valence-electron chi connectivity index (χ3n) is 5.86. The van der Waals surface area contributed by atoms with E-state index in [1.54, 1.807) is 6.07 Å². The minimum atomic E-state index is -0.120. The zero-order chi connectivity index (χ0) is 20.7. The number of aromatic amines is 1. The molecule has 4 aromatic rings. The lowest BCUT2D eigenvalue weighted by Crippen LogP contribution is -2.33. The summed E-state index contributed by atoms with van der Waals surface area (Å²) in [7, 11) is 0. The Hall–Kier alpha value is -3.48. The number of aromatic nitrogens is 4. The maximum absolute atomic E-state index is 13.3. The van der Waals surface area contributed by atoms with Crippen LogP contribution in [0.25, 0.3) is 21.8 Å². The first-order chi connectivity index (χ1) is 14.7. The molecule has 7 heteroatoms. The Balaban J connectivity index is 1.47. The van der Waals surface area contributed by atoms with Crippen LogP contribution in [-0.2, 0) is 17.8 Å². The molecule has 1 N–H and O–H groups in total. The van der Waals surface area contributed by atoms with Gasteiger partial charge in [0.1, 0.15) is 5.82 Å². The highest BCUT2D eigenvalue weighted by molar-refractivity contribution is 5.88. The van der Waals surface area contributed by atoms with Gasteiger partial charge < -0.3 is 9.88 Å². The summed E-state index contributed by atoms with van der Waals surface area (Å²) < 4.78 is 1.44. The van der Waals surface area contributed by atoms with Crippen molar-refractivity contribution < 1.29 is 4.79 Å². The Kier molecular flexibility index (Phi) is 4.58. The number of imidazole rings is 1. The van der Waals surface area contributed by atoms with E-state index in [4.69, 9.17) is 4.98 Å². The van der Waals surface area contributed by atoms with Gasteiger partial charge in [0, 0.05) is 18.5 Å². The van der Waals surface area contributed by atoms with Gasteiger partial charge in [-0.1, -0.05) is 30.3 Å². The van der Waals surface area contributed by atoms with Gasteiger partial charge in [0.05, 0.1) is 34.6 Å². The topological polar surface area (TPSA) is 83.9 Å². The van der Waals surface area contributed by atoms with Crippen LogP contribution in [0.15, 0.2) is 53.3 Å². The van der Waals surface area contributed by atoms with Crippen molar-refractivity contribution in [3.05, 3.63) is 70.4 Å². The highest BCUT2D eigenvalue weighted by Crippen LogP contribution is 2.32. The van der Waals surface area contributed by atoms with Crippen LogP contribution in [-0.4, -0.2) is 37.1 Å². The van der Waals surface area contributed by atoms with Crippen LogP contribution in [0.4, 0.5) is 0 Å². The van der Waals surface area contributed by atoms with Crippen molar-refractivity contribution >= 4 is 27.7 Å². The van der Waals surface area contributed by atoms with E-state index in [1.165, 1.54) is 4.68 Å². The van der Waals surface area contributed by atoms with Gasteiger partial charge in [-0.25, -0.2) is 9.67 Å². The summed E-state index contributed by atoms with van der Waals surface area (Å²) in [5.74, 6) is 0.843. The molecule has 3 heterocycles. The monoisotopic (exact) mass is 401 g/mol. The van der Waals surface area contributed by atoms with Gasteiger partial charge in [0.15, 0.2) is 0 Å². The number of rotatable bonds is 4. The van der Waals surface area contributed by atoms with E-state index in [2.05, 4.69) is 10.1 Å². The fourth-order valence-electron chi connectivity index (χ4n) is 4.37. The summed E-state index contributed by atoms with van der Waals surface area (Å²) in [5, 5.41) is 5.85. The number of benzene rings is 2. The number of carbonyl (C=O) groups is 1. The number of carbonyl (C=O) groups excluding carboxylic acids is 1. The van der Waals surface area contributed by atoms with Crippen molar-refractivity contribution in [1.29, 1.82) is 0 Å². The van der Waals surface area contributed by atoms with Crippen molar-refractivity contribution in [2.24, 2.45) is 0 Å². The maximum Gasteiger partial charge on any atom is 0.274 e. The highest BCUT2D eigenvalue weighted by atomic mass is 16.2. The molecule has 0 aliphatic carbocycles. The predicted molar refractivity (Wildman–Crippen MR) is 115 cm³/mol. The second kappa shape index (κ2) is 7.40. The minimum Gasteiger partial charge on any atom is -0.340 e. The summed E-state index contributed by atoms with van der Waals surface area (Å²) >= 11 is 0. The lowest BCUT2D eigenvalue weighted by atomic mass is 10.1. The average molecular weight is 401 g/mol. The summed E-state index contributed by atoms with van der Waals surface area (Å²) in [5.41, 5.74) is 2.42. The molecule has 7 nitrogen and oxygen atoms in total. The van der Waals surface area contributed by atoms with Gasteiger partial charge in [-0.2, -0.15) is 5.10 Å². The van der Waals surface area contributed by atoms with E-state index in [-0.39, 0.29) is 23.9 Å². The molecule has 1 amide bonds. The predicted octanol–water partition coefficient (Wildman–Crippen LogP) is 3.20. The van der Waals surface area contributed by atoms with E-state index < -0.39 is 0 Å². The SMILES string of the molecule is CCn1nc(CC(=O)N2CCC[C@@H]2c2nc3ccccc3[nH]2)c2ccccc2c1=O. The fourth-order valence-corrected chi connectivity index (χ4v) is 4.37. The van der Waals surface area contributed by atoms with Crippen molar-refractivity contribution in [3.8, 4) is 0 Å². The van der Waals surface area contributed by atoms with Gasteiger partial charge in [0.25, 0.3) is 5.56 Å². The number of H-pyrrole nitrogens is 1. The van der Waals surface area contributed by atoms with Crippen LogP contribution in [0.5, 0.6) is 0 Å². The molecule has 1 aliphatic heterocycles. The number of likely N-dealkylation sites (tertiary alicyclic amines) is 1. The summed E-state index contributed by atoms with van der Waals surface area (Å²) in [4.78, 5) is 35.9. The molecule has 1 fully saturated rings. The average Bonchev–Trinajstić information content (AvgIpc) is 3.42. The van der Waals surface area contributed by atoms with E-state index in [0.29, 0.717) is 24.2 Å². The Bertz CT molecular complexity index is 1270. The van der Waals surface area contributed by atoms with Gasteiger partial charge in [-0.3, -0.25) is 9.59 Å². The summed E-state index contributed by atoms with van der Waals surface area (Å²) in [6.45, 7) is 3.05. The van der Waals surface area contributed by atoms with Gasteiger partial charge in [-0.15, -0.1) is 0 Å². The lowest BCUT2D eigenvalue weighted by molar-refractivity contribution is -0.131. The van der Waals surface area contributed by atoms with Crippen LogP contribution >= 0.6 is 0 Å². The molecule has 1 aliphatic rings. The Labute approximate surface area is 173 Å². The lowest BCUT2D eigenvalue weighted by Gasteiger charge is -2.23. The standard InChI is InChI=1S/C23H23N5O2/c1-2-28-23(30)16-9-4-3-8-15(16)19(26-28)14-21(29)27-13-7-12-20(27)22-24-17-10-5-6-11-18(17)25-22/h3-6,8-11,20H,2,7,12-14H2,1H3,(H,24,25)/t20-/m1/s1. The van der Waals surface area contributed by atoms with Crippen LogP contribution < -0.4 is 5.56 Å². The van der Waals surface area contributed by atoms with Gasteiger partial charge in [0.2, 0.25) is 5.91 Å². The van der Waals surface area contributed by atoms with E-state index in [0.717, 1.165) is 35.1 Å². The van der Waals surface area contributed by atoms with Crippen LogP contribution in [0.3, 0.4) is 0 Å². The first-order valence-corrected chi connectivity index (χ1v) is 10.4. The second-order valence-electron chi connectivity index (χ2n) is 7.67. The first kappa shape index (κ1) is 18.5. The third kappa shape index (κ3) is 3.07. The van der Waals surface area contributed by atoms with Crippen LogP contribution in [0, 0.1) is 0 Å². The maximum atomic E-state index is 13.3. The third-order valence-corrected chi connectivity index (χ3v) is 5.86. The van der Waals surface area contributed by atoms with E-state index in [1.807, 2.05) is 54.3 Å². The van der Waals surface area contributed by atoms with Crippen molar-refractivity contribution in [2.45, 2.75) is 38.8 Å². The Morgan fingerprint density at radius 1 is 1.13 bits per heavy atom. The summed E-state index contributed by atoms with van der Waals surface area (Å²) in [6.07, 6.45) is 1.99. The molecule has 0 spiro atoms. The Morgan fingerprint density at radius 2 is 1.90 bits per heavy atom. The number of nitrogens with zero attached hydrogens (tertiary/aromatic N) is 4. The molecule has 1 atom stereocenters. The number of hydrogen-bond acceptors (Lipinski definition) is 4. The number of amides is 1. The highest BCUT2D eigenvalue weighted by Gasteiger charge is 2.32. The van der Waals surface area contributed by atoms with Gasteiger partial charge in [-0.05, 0) is 38.0 Å². The molecular weight excluding hydrogens is 378 g/mol. The second-order valence-corrected chi connectivity index (χ2v) is 7.67. The first-order valence-electron chi connectivity index (χ1n) is 10.4. The minimum absolute atomic E-state index is 0.0110. The Morgan fingerprint density at radius 3 is 2.70 bits per heavy atom. The summed E-state index contributed by atoms with van der Waals surface area (Å²) in [6, 6.07) is 15.2. The molecule has 2 aromatic heterocycles. The molecule has 152 valence electrons. The van der Waals surface area contributed by atoms with Crippen LogP contribution in [0.1, 0.15) is 37.3 Å². The molecule has 0 saturated carbocycles. The van der Waals surface area contributed by atoms with E-state index in [9.17, 15) is 9.59 Å². The molecule has 0 unspecified atom stereocenters. The molecule has 30 heavy (non-hydrogen) atoms. The molecule has 0 radical (unpaired) electrons. The van der Waals surface area contributed by atoms with Crippen molar-refractivity contribution in [1.82, 2.24) is 24.6 Å². The quantitative estimate of drug-likeness (QED) is 0.569. The molecule has 0 bridgehead atoms. The number of hydrogen-bond donors (Lipinski definition) is 1. The molecule has 2 aromatic carbocycles. The number of nitrogens with one attached hydrogen (secondary N) is 1. The number of aryl methyl sites for hydroxylation is 1. The van der Waals surface area contributed by atoms with E-state index >= 15 is 0 Å². The molecule has 5 rings (SSSR count). The number of para-hydroxylation sites is 2. The van der Waals surface area contributed by atoms with Crippen molar-refractivity contribution in [3.63, 3.8) is 0 Å². The zero-order valence-corrected chi connectivity index (χ0v) is 16.8. The van der Waals surface area contributed by atoms with Crippen molar-refractivity contribution in [2.75, 3.05) is 6.54 Å². The zero-order valence-electron chi connectivity index (χ0n) is 16.8. The van der Waals surface area contributed by atoms with Gasteiger partial charge >= 0.3 is 0 Å². The number of fused-ring (bicyclic) bond motifs is 2. The largest absolute Gasteiger partial charge is 0.340 e.